The summed E-state index contributed by atoms with van der Waals surface area (Å²) in [7, 11) is 0. The van der Waals surface area contributed by atoms with Crippen molar-refractivity contribution in [2.75, 3.05) is 10.6 Å². The molecule has 108 valence electrons. The van der Waals surface area contributed by atoms with E-state index in [-0.39, 0.29) is 11.8 Å². The molecule has 0 unspecified atom stereocenters. The average Bonchev–Trinajstić information content (AvgIpc) is 2.37. The van der Waals surface area contributed by atoms with Gasteiger partial charge in [0.2, 0.25) is 11.8 Å². The van der Waals surface area contributed by atoms with E-state index < -0.39 is 0 Å². The molecule has 0 aromatic heterocycles. The molecule has 0 saturated carbocycles. The van der Waals surface area contributed by atoms with Gasteiger partial charge in [-0.2, -0.15) is 0 Å². The van der Waals surface area contributed by atoms with Gasteiger partial charge in [-0.15, -0.1) is 0 Å². The minimum absolute atomic E-state index is 0.0928. The molecule has 0 fully saturated rings. The van der Waals surface area contributed by atoms with Crippen molar-refractivity contribution in [2.24, 2.45) is 0 Å². The molecule has 0 aliphatic heterocycles. The Morgan fingerprint density at radius 2 is 1.24 bits per heavy atom. The summed E-state index contributed by atoms with van der Waals surface area (Å²) in [5.74, 6) is -0.186. The molecule has 21 heavy (non-hydrogen) atoms. The fourth-order valence-electron chi connectivity index (χ4n) is 1.82. The van der Waals surface area contributed by atoms with E-state index in [2.05, 4.69) is 10.6 Å². The molecule has 0 aliphatic rings. The topological polar surface area (TPSA) is 58.2 Å². The second-order valence-corrected chi connectivity index (χ2v) is 5.67. The van der Waals surface area contributed by atoms with Gasteiger partial charge in [0.05, 0.1) is 0 Å². The third-order valence-electron chi connectivity index (χ3n) is 2.54. The summed E-state index contributed by atoms with van der Waals surface area (Å²) in [6.07, 6.45) is 0. The van der Waals surface area contributed by atoms with E-state index in [1.807, 2.05) is 48.5 Å². The maximum absolute atomic E-state index is 11.1. The summed E-state index contributed by atoms with van der Waals surface area (Å²) in [5, 5.41) is 5.52. The molecule has 0 bridgehead atoms. The molecule has 4 nitrogen and oxygen atoms in total. The molecule has 0 saturated heterocycles. The first-order chi connectivity index (χ1) is 10.0. The highest BCUT2D eigenvalue weighted by Crippen LogP contribution is 2.30. The smallest absolute Gasteiger partial charge is 0.221 e. The van der Waals surface area contributed by atoms with E-state index in [4.69, 9.17) is 0 Å². The molecule has 2 aromatic carbocycles. The SMILES string of the molecule is CC(=O)Nc1cccc(Sc2cccc(NC(C)=O)c2)c1. The number of hydrogen-bond donors (Lipinski definition) is 2. The fraction of sp³-hybridized carbons (Fsp3) is 0.125. The molecule has 5 heteroatoms. The number of hydrogen-bond acceptors (Lipinski definition) is 3. The minimum atomic E-state index is -0.0928. The molecular weight excluding hydrogens is 284 g/mol. The van der Waals surface area contributed by atoms with Crippen LogP contribution in [0.1, 0.15) is 13.8 Å². The zero-order valence-electron chi connectivity index (χ0n) is 11.8. The maximum Gasteiger partial charge on any atom is 0.221 e. The zero-order chi connectivity index (χ0) is 15.2. The monoisotopic (exact) mass is 300 g/mol. The van der Waals surface area contributed by atoms with Crippen molar-refractivity contribution >= 4 is 35.0 Å². The van der Waals surface area contributed by atoms with Gasteiger partial charge in [-0.1, -0.05) is 23.9 Å². The minimum Gasteiger partial charge on any atom is -0.326 e. The van der Waals surface area contributed by atoms with Gasteiger partial charge < -0.3 is 10.6 Å². The van der Waals surface area contributed by atoms with Crippen molar-refractivity contribution in [3.63, 3.8) is 0 Å². The highest BCUT2D eigenvalue weighted by molar-refractivity contribution is 7.99. The Balaban J connectivity index is 2.14. The Kier molecular flexibility index (Phi) is 5.00. The number of rotatable bonds is 4. The van der Waals surface area contributed by atoms with E-state index in [1.54, 1.807) is 11.8 Å². The number of amides is 2. The van der Waals surface area contributed by atoms with Crippen molar-refractivity contribution in [1.82, 2.24) is 0 Å². The highest BCUT2D eigenvalue weighted by Gasteiger charge is 2.02. The van der Waals surface area contributed by atoms with Gasteiger partial charge >= 0.3 is 0 Å². The Bertz CT molecular complexity index is 613. The molecule has 2 amide bonds. The average molecular weight is 300 g/mol. The molecule has 0 atom stereocenters. The van der Waals surface area contributed by atoms with Crippen LogP contribution in [0.3, 0.4) is 0 Å². The second kappa shape index (κ2) is 6.95. The van der Waals surface area contributed by atoms with Gasteiger partial charge in [-0.25, -0.2) is 0 Å². The van der Waals surface area contributed by atoms with Crippen molar-refractivity contribution in [3.8, 4) is 0 Å². The van der Waals surface area contributed by atoms with Crippen molar-refractivity contribution < 1.29 is 9.59 Å². The summed E-state index contributed by atoms with van der Waals surface area (Å²) in [5.41, 5.74) is 1.54. The lowest BCUT2D eigenvalue weighted by Gasteiger charge is -2.07. The van der Waals surface area contributed by atoms with Crippen LogP contribution in [-0.2, 0) is 9.59 Å². The fourth-order valence-corrected chi connectivity index (χ4v) is 2.75. The first-order valence-electron chi connectivity index (χ1n) is 6.46. The number of carbonyl (C=O) groups excluding carboxylic acids is 2. The van der Waals surface area contributed by atoms with Crippen LogP contribution in [-0.4, -0.2) is 11.8 Å². The third kappa shape index (κ3) is 4.96. The lowest BCUT2D eigenvalue weighted by Crippen LogP contribution is -2.05. The standard InChI is InChI=1S/C16H16N2O2S/c1-11(19)17-13-5-3-7-15(9-13)21-16-8-4-6-14(10-16)18-12(2)20/h3-10H,1-2H3,(H,17,19)(H,18,20). The molecule has 0 spiro atoms. The quantitative estimate of drug-likeness (QED) is 0.904. The van der Waals surface area contributed by atoms with Crippen LogP contribution in [0.5, 0.6) is 0 Å². The van der Waals surface area contributed by atoms with Gasteiger partial charge in [0.15, 0.2) is 0 Å². The van der Waals surface area contributed by atoms with Gasteiger partial charge in [-0.3, -0.25) is 9.59 Å². The van der Waals surface area contributed by atoms with Crippen LogP contribution in [0.15, 0.2) is 58.3 Å². The summed E-state index contributed by atoms with van der Waals surface area (Å²) in [6, 6.07) is 15.3. The van der Waals surface area contributed by atoms with Gasteiger partial charge in [0.1, 0.15) is 0 Å². The largest absolute Gasteiger partial charge is 0.326 e. The lowest BCUT2D eigenvalue weighted by molar-refractivity contribution is -0.115. The predicted molar refractivity (Wildman–Crippen MR) is 85.6 cm³/mol. The number of nitrogens with one attached hydrogen (secondary N) is 2. The summed E-state index contributed by atoms with van der Waals surface area (Å²) in [4.78, 5) is 24.2. The van der Waals surface area contributed by atoms with Crippen LogP contribution in [0.4, 0.5) is 11.4 Å². The van der Waals surface area contributed by atoms with E-state index >= 15 is 0 Å². The van der Waals surface area contributed by atoms with Crippen LogP contribution in [0.25, 0.3) is 0 Å². The summed E-state index contributed by atoms with van der Waals surface area (Å²) < 4.78 is 0. The van der Waals surface area contributed by atoms with Crippen molar-refractivity contribution in [1.29, 1.82) is 0 Å². The molecule has 2 aromatic rings. The Labute approximate surface area is 127 Å². The van der Waals surface area contributed by atoms with E-state index in [0.29, 0.717) is 0 Å². The maximum atomic E-state index is 11.1. The van der Waals surface area contributed by atoms with Crippen LogP contribution in [0, 0.1) is 0 Å². The van der Waals surface area contributed by atoms with Crippen LogP contribution < -0.4 is 10.6 Å². The normalized spacial score (nSPS) is 10.0. The van der Waals surface area contributed by atoms with Gasteiger partial charge in [0.25, 0.3) is 0 Å². The first kappa shape index (κ1) is 15.1. The summed E-state index contributed by atoms with van der Waals surface area (Å²) >= 11 is 1.57. The van der Waals surface area contributed by atoms with Crippen LogP contribution >= 0.6 is 11.8 Å². The molecule has 0 radical (unpaired) electrons. The number of carbonyl (C=O) groups is 2. The van der Waals surface area contributed by atoms with E-state index in [9.17, 15) is 9.59 Å². The zero-order valence-corrected chi connectivity index (χ0v) is 12.7. The van der Waals surface area contributed by atoms with Gasteiger partial charge in [0, 0.05) is 35.0 Å². The predicted octanol–water partition coefficient (Wildman–Crippen LogP) is 3.75. The van der Waals surface area contributed by atoms with Crippen molar-refractivity contribution in [3.05, 3.63) is 48.5 Å². The molecule has 2 rings (SSSR count). The Morgan fingerprint density at radius 3 is 1.62 bits per heavy atom. The number of anilines is 2. The second-order valence-electron chi connectivity index (χ2n) is 4.52. The molecular formula is C16H16N2O2S. The van der Waals surface area contributed by atoms with Crippen LogP contribution in [0.2, 0.25) is 0 Å². The third-order valence-corrected chi connectivity index (χ3v) is 3.52. The molecule has 0 aliphatic carbocycles. The highest BCUT2D eigenvalue weighted by atomic mass is 32.2. The summed E-state index contributed by atoms with van der Waals surface area (Å²) in [6.45, 7) is 2.97. The van der Waals surface area contributed by atoms with Gasteiger partial charge in [-0.05, 0) is 36.4 Å². The van der Waals surface area contributed by atoms with E-state index in [1.165, 1.54) is 13.8 Å². The number of benzene rings is 2. The molecule has 0 heterocycles. The van der Waals surface area contributed by atoms with Crippen molar-refractivity contribution in [2.45, 2.75) is 23.6 Å². The first-order valence-corrected chi connectivity index (χ1v) is 7.28. The van der Waals surface area contributed by atoms with E-state index in [0.717, 1.165) is 21.2 Å². The molecule has 2 N–H and O–H groups in total. The lowest BCUT2D eigenvalue weighted by atomic mass is 10.3. The Hall–Kier alpha value is -2.27. The Morgan fingerprint density at radius 1 is 0.810 bits per heavy atom.